The Labute approximate surface area is 134 Å². The molecule has 0 spiro atoms. The predicted molar refractivity (Wildman–Crippen MR) is 85.7 cm³/mol. The van der Waals surface area contributed by atoms with Crippen LogP contribution in [0.2, 0.25) is 0 Å². The zero-order valence-electron chi connectivity index (χ0n) is 12.9. The number of primary sulfonamides is 1. The Bertz CT molecular complexity index is 732. The third kappa shape index (κ3) is 4.42. The van der Waals surface area contributed by atoms with E-state index >= 15 is 0 Å². The molecule has 8 nitrogen and oxygen atoms in total. The van der Waals surface area contributed by atoms with Crippen molar-refractivity contribution in [1.82, 2.24) is 0 Å². The van der Waals surface area contributed by atoms with E-state index in [2.05, 4.69) is 5.32 Å². The number of hydrogen-bond acceptors (Lipinski definition) is 5. The van der Waals surface area contributed by atoms with Gasteiger partial charge >= 0.3 is 0 Å². The van der Waals surface area contributed by atoms with Gasteiger partial charge in [-0.25, -0.2) is 13.6 Å². The lowest BCUT2D eigenvalue weighted by atomic mass is 10.1. The van der Waals surface area contributed by atoms with Crippen LogP contribution in [0.4, 0.5) is 11.4 Å². The molecule has 0 aromatic heterocycles. The van der Waals surface area contributed by atoms with E-state index in [1.165, 1.54) is 18.9 Å². The van der Waals surface area contributed by atoms with E-state index in [-0.39, 0.29) is 36.5 Å². The molecule has 2 rings (SSSR count). The van der Waals surface area contributed by atoms with Crippen LogP contribution in [0.3, 0.4) is 0 Å². The Morgan fingerprint density at radius 2 is 2.17 bits per heavy atom. The number of nitrogens with two attached hydrogens (primary N) is 1. The predicted octanol–water partition coefficient (Wildman–Crippen LogP) is 0.295. The third-order valence-corrected chi connectivity index (χ3v) is 4.42. The number of carbonyl (C=O) groups excluding carboxylic acids is 2. The van der Waals surface area contributed by atoms with Crippen LogP contribution in [0.15, 0.2) is 18.2 Å². The Kier molecular flexibility index (Phi) is 4.90. The molecule has 1 aromatic rings. The SMILES string of the molecule is COc1ccc(NC(C)=O)c(N2CC(CS(N)(=O)=O)CC2=O)c1. The van der Waals surface area contributed by atoms with E-state index in [9.17, 15) is 18.0 Å². The number of rotatable bonds is 5. The van der Waals surface area contributed by atoms with Gasteiger partial charge in [0.05, 0.1) is 24.2 Å². The van der Waals surface area contributed by atoms with Gasteiger partial charge in [0, 0.05) is 31.9 Å². The first-order chi connectivity index (χ1) is 10.7. The summed E-state index contributed by atoms with van der Waals surface area (Å²) in [5.74, 6) is -0.609. The molecule has 126 valence electrons. The van der Waals surface area contributed by atoms with Gasteiger partial charge in [-0.1, -0.05) is 0 Å². The number of methoxy groups -OCH3 is 1. The summed E-state index contributed by atoms with van der Waals surface area (Å²) >= 11 is 0. The van der Waals surface area contributed by atoms with Crippen molar-refractivity contribution in [2.45, 2.75) is 13.3 Å². The van der Waals surface area contributed by atoms with E-state index in [0.29, 0.717) is 17.1 Å². The Balaban J connectivity index is 2.32. The highest BCUT2D eigenvalue weighted by atomic mass is 32.2. The van der Waals surface area contributed by atoms with Crippen LogP contribution in [0.5, 0.6) is 5.75 Å². The minimum Gasteiger partial charge on any atom is -0.497 e. The van der Waals surface area contributed by atoms with Crippen molar-refractivity contribution >= 4 is 33.2 Å². The second kappa shape index (κ2) is 6.55. The molecule has 1 saturated heterocycles. The fraction of sp³-hybridized carbons (Fsp3) is 0.429. The van der Waals surface area contributed by atoms with Crippen LogP contribution < -0.4 is 20.1 Å². The summed E-state index contributed by atoms with van der Waals surface area (Å²) in [6, 6.07) is 4.93. The van der Waals surface area contributed by atoms with Gasteiger partial charge in [0.25, 0.3) is 0 Å². The maximum absolute atomic E-state index is 12.2. The highest BCUT2D eigenvalue weighted by Crippen LogP contribution is 2.34. The summed E-state index contributed by atoms with van der Waals surface area (Å²) in [5, 5.41) is 7.71. The molecule has 1 atom stereocenters. The number of carbonyl (C=O) groups is 2. The molecule has 0 saturated carbocycles. The number of anilines is 2. The summed E-state index contributed by atoms with van der Waals surface area (Å²) in [6.45, 7) is 1.58. The first-order valence-corrected chi connectivity index (χ1v) is 8.67. The van der Waals surface area contributed by atoms with Gasteiger partial charge in [-0.3, -0.25) is 9.59 Å². The summed E-state index contributed by atoms with van der Waals surface area (Å²) in [7, 11) is -2.16. The van der Waals surface area contributed by atoms with Gasteiger partial charge in [0.15, 0.2) is 0 Å². The largest absolute Gasteiger partial charge is 0.497 e. The van der Waals surface area contributed by atoms with Crippen molar-refractivity contribution in [2.75, 3.05) is 29.6 Å². The van der Waals surface area contributed by atoms with E-state index in [1.807, 2.05) is 0 Å². The maximum Gasteiger partial charge on any atom is 0.227 e. The Hall–Kier alpha value is -2.13. The monoisotopic (exact) mass is 341 g/mol. The van der Waals surface area contributed by atoms with Crippen LogP contribution in [0, 0.1) is 5.92 Å². The summed E-state index contributed by atoms with van der Waals surface area (Å²) < 4.78 is 27.6. The van der Waals surface area contributed by atoms with Crippen LogP contribution >= 0.6 is 0 Å². The second-order valence-electron chi connectivity index (χ2n) is 5.47. The van der Waals surface area contributed by atoms with Gasteiger partial charge in [-0.05, 0) is 12.1 Å². The molecular weight excluding hydrogens is 322 g/mol. The Morgan fingerprint density at radius 1 is 1.48 bits per heavy atom. The third-order valence-electron chi connectivity index (χ3n) is 3.48. The van der Waals surface area contributed by atoms with Gasteiger partial charge in [0.1, 0.15) is 5.75 Å². The minimum atomic E-state index is -3.65. The number of amides is 2. The molecule has 2 amide bonds. The van der Waals surface area contributed by atoms with Gasteiger partial charge in [-0.2, -0.15) is 0 Å². The van der Waals surface area contributed by atoms with Gasteiger partial charge in [-0.15, -0.1) is 0 Å². The van der Waals surface area contributed by atoms with Crippen LogP contribution in [0.25, 0.3) is 0 Å². The standard InChI is InChI=1S/C14H19N3O5S/c1-9(18)16-12-4-3-11(22-2)6-13(12)17-7-10(5-14(17)19)8-23(15,20)21/h3-4,6,10H,5,7-8H2,1-2H3,(H,16,18)(H2,15,20,21). The maximum atomic E-state index is 12.2. The van der Waals surface area contributed by atoms with E-state index in [0.717, 1.165) is 0 Å². The van der Waals surface area contributed by atoms with Crippen LogP contribution in [0.1, 0.15) is 13.3 Å². The van der Waals surface area contributed by atoms with Crippen molar-refractivity contribution in [3.05, 3.63) is 18.2 Å². The molecule has 1 aliphatic heterocycles. The summed E-state index contributed by atoms with van der Waals surface area (Å²) in [6.07, 6.45) is 0.0904. The highest BCUT2D eigenvalue weighted by Gasteiger charge is 2.34. The number of hydrogen-bond donors (Lipinski definition) is 2. The van der Waals surface area contributed by atoms with Crippen LogP contribution in [-0.4, -0.2) is 39.6 Å². The molecule has 1 aliphatic rings. The van der Waals surface area contributed by atoms with E-state index in [4.69, 9.17) is 9.88 Å². The lowest BCUT2D eigenvalue weighted by Crippen LogP contribution is -2.28. The molecule has 0 bridgehead atoms. The molecule has 9 heteroatoms. The molecule has 0 aliphatic carbocycles. The molecule has 1 aromatic carbocycles. The first-order valence-electron chi connectivity index (χ1n) is 6.96. The number of sulfonamides is 1. The second-order valence-corrected chi connectivity index (χ2v) is 7.13. The normalized spacial score (nSPS) is 18.1. The van der Waals surface area contributed by atoms with E-state index in [1.54, 1.807) is 18.2 Å². The van der Waals surface area contributed by atoms with Crippen molar-refractivity contribution in [3.8, 4) is 5.75 Å². The Morgan fingerprint density at radius 3 is 2.74 bits per heavy atom. The molecule has 0 radical (unpaired) electrons. The molecular formula is C14H19N3O5S. The number of nitrogens with one attached hydrogen (secondary N) is 1. The van der Waals surface area contributed by atoms with Gasteiger partial charge < -0.3 is 15.0 Å². The van der Waals surface area contributed by atoms with Crippen molar-refractivity contribution in [2.24, 2.45) is 11.1 Å². The van der Waals surface area contributed by atoms with E-state index < -0.39 is 10.0 Å². The average Bonchev–Trinajstić information content (AvgIpc) is 2.77. The fourth-order valence-electron chi connectivity index (χ4n) is 2.61. The number of benzene rings is 1. The minimum absolute atomic E-state index is 0.0904. The summed E-state index contributed by atoms with van der Waals surface area (Å²) in [4.78, 5) is 25.0. The average molecular weight is 341 g/mol. The van der Waals surface area contributed by atoms with Crippen molar-refractivity contribution in [1.29, 1.82) is 0 Å². The number of nitrogens with zero attached hydrogens (tertiary/aromatic N) is 1. The molecule has 1 fully saturated rings. The van der Waals surface area contributed by atoms with Crippen molar-refractivity contribution < 1.29 is 22.7 Å². The quantitative estimate of drug-likeness (QED) is 0.798. The molecule has 3 N–H and O–H groups in total. The molecule has 23 heavy (non-hydrogen) atoms. The number of ether oxygens (including phenoxy) is 1. The zero-order chi connectivity index (χ0) is 17.2. The topological polar surface area (TPSA) is 119 Å². The van der Waals surface area contributed by atoms with Crippen LogP contribution in [-0.2, 0) is 19.6 Å². The van der Waals surface area contributed by atoms with Gasteiger partial charge in [0.2, 0.25) is 21.8 Å². The van der Waals surface area contributed by atoms with Crippen molar-refractivity contribution in [3.63, 3.8) is 0 Å². The lowest BCUT2D eigenvalue weighted by Gasteiger charge is -2.21. The smallest absolute Gasteiger partial charge is 0.227 e. The lowest BCUT2D eigenvalue weighted by molar-refractivity contribution is -0.117. The fourth-order valence-corrected chi connectivity index (χ4v) is 3.49. The summed E-state index contributed by atoms with van der Waals surface area (Å²) in [5.41, 5.74) is 0.935. The zero-order valence-corrected chi connectivity index (χ0v) is 13.7. The first kappa shape index (κ1) is 17.2. The highest BCUT2D eigenvalue weighted by molar-refractivity contribution is 7.89. The molecule has 1 unspecified atom stereocenters. The molecule has 1 heterocycles.